The van der Waals surface area contributed by atoms with E-state index >= 15 is 0 Å². The number of aromatic nitrogens is 2. The van der Waals surface area contributed by atoms with Crippen molar-refractivity contribution < 1.29 is 4.79 Å². The lowest BCUT2D eigenvalue weighted by atomic mass is 10.1. The SMILES string of the molecule is Cc1ccc(NC(=O)n2nc(C)c3ccccc32)c(C)c1. The van der Waals surface area contributed by atoms with E-state index < -0.39 is 0 Å². The van der Waals surface area contributed by atoms with Crippen molar-refractivity contribution in [1.29, 1.82) is 0 Å². The molecule has 0 atom stereocenters. The molecule has 1 aromatic heterocycles. The van der Waals surface area contributed by atoms with E-state index in [1.165, 1.54) is 10.2 Å². The van der Waals surface area contributed by atoms with Gasteiger partial charge in [-0.05, 0) is 38.5 Å². The van der Waals surface area contributed by atoms with Gasteiger partial charge >= 0.3 is 6.03 Å². The summed E-state index contributed by atoms with van der Waals surface area (Å²) in [4.78, 5) is 12.5. The Kier molecular flexibility index (Phi) is 3.22. The Balaban J connectivity index is 1.98. The number of fused-ring (bicyclic) bond motifs is 1. The summed E-state index contributed by atoms with van der Waals surface area (Å²) < 4.78 is 1.42. The summed E-state index contributed by atoms with van der Waals surface area (Å²) in [6.07, 6.45) is 0. The number of nitrogens with one attached hydrogen (secondary N) is 1. The van der Waals surface area contributed by atoms with Crippen molar-refractivity contribution in [3.63, 3.8) is 0 Å². The van der Waals surface area contributed by atoms with Crippen LogP contribution in [0.2, 0.25) is 0 Å². The lowest BCUT2D eigenvalue weighted by Crippen LogP contribution is -2.21. The number of anilines is 1. The van der Waals surface area contributed by atoms with Gasteiger partial charge in [-0.2, -0.15) is 9.78 Å². The molecular weight excluding hydrogens is 262 g/mol. The summed E-state index contributed by atoms with van der Waals surface area (Å²) in [7, 11) is 0. The average molecular weight is 279 g/mol. The van der Waals surface area contributed by atoms with Gasteiger partial charge in [-0.15, -0.1) is 0 Å². The van der Waals surface area contributed by atoms with Gasteiger partial charge in [0.05, 0.1) is 11.2 Å². The molecule has 21 heavy (non-hydrogen) atoms. The predicted octanol–water partition coefficient (Wildman–Crippen LogP) is 4.04. The largest absolute Gasteiger partial charge is 0.347 e. The van der Waals surface area contributed by atoms with E-state index in [4.69, 9.17) is 0 Å². The number of hydrogen-bond acceptors (Lipinski definition) is 2. The van der Waals surface area contributed by atoms with Crippen LogP contribution in [0, 0.1) is 20.8 Å². The van der Waals surface area contributed by atoms with Gasteiger partial charge in [0.25, 0.3) is 0 Å². The first kappa shape index (κ1) is 13.4. The first-order valence-corrected chi connectivity index (χ1v) is 6.89. The maximum absolute atomic E-state index is 12.5. The number of nitrogens with zero attached hydrogens (tertiary/aromatic N) is 2. The number of benzene rings is 2. The van der Waals surface area contributed by atoms with Gasteiger partial charge in [-0.25, -0.2) is 4.79 Å². The van der Waals surface area contributed by atoms with Crippen molar-refractivity contribution in [2.24, 2.45) is 0 Å². The topological polar surface area (TPSA) is 46.9 Å². The molecule has 0 spiro atoms. The number of rotatable bonds is 1. The van der Waals surface area contributed by atoms with Gasteiger partial charge in [0.2, 0.25) is 0 Å². The lowest BCUT2D eigenvalue weighted by molar-refractivity contribution is 0.251. The van der Waals surface area contributed by atoms with Gasteiger partial charge < -0.3 is 5.32 Å². The van der Waals surface area contributed by atoms with Crippen LogP contribution in [-0.4, -0.2) is 15.8 Å². The Morgan fingerprint density at radius 2 is 1.86 bits per heavy atom. The predicted molar refractivity (Wildman–Crippen MR) is 84.8 cm³/mol. The van der Waals surface area contributed by atoms with Gasteiger partial charge in [0.15, 0.2) is 0 Å². The Bertz CT molecular complexity index is 833. The van der Waals surface area contributed by atoms with E-state index in [0.29, 0.717) is 0 Å². The Hall–Kier alpha value is -2.62. The Labute approximate surface area is 123 Å². The molecule has 0 aliphatic heterocycles. The molecule has 1 heterocycles. The van der Waals surface area contributed by atoms with Crippen molar-refractivity contribution >= 4 is 22.6 Å². The van der Waals surface area contributed by atoms with Crippen molar-refractivity contribution in [1.82, 2.24) is 9.78 Å². The first-order chi connectivity index (χ1) is 10.1. The van der Waals surface area contributed by atoms with E-state index in [-0.39, 0.29) is 6.03 Å². The molecule has 0 aliphatic carbocycles. The summed E-state index contributed by atoms with van der Waals surface area (Å²) in [5, 5.41) is 8.25. The third-order valence-electron chi connectivity index (χ3n) is 3.59. The molecule has 3 aromatic rings. The fourth-order valence-electron chi connectivity index (χ4n) is 2.50. The summed E-state index contributed by atoms with van der Waals surface area (Å²) in [6, 6.07) is 13.4. The average Bonchev–Trinajstić information content (AvgIpc) is 2.80. The Morgan fingerprint density at radius 3 is 2.62 bits per heavy atom. The normalized spacial score (nSPS) is 10.8. The van der Waals surface area contributed by atoms with Crippen molar-refractivity contribution in [2.75, 3.05) is 5.32 Å². The fraction of sp³-hybridized carbons (Fsp3) is 0.176. The van der Waals surface area contributed by atoms with Crippen LogP contribution in [-0.2, 0) is 0 Å². The zero-order valence-electron chi connectivity index (χ0n) is 12.3. The second-order valence-electron chi connectivity index (χ2n) is 5.26. The number of carbonyl (C=O) groups is 1. The molecule has 2 aromatic carbocycles. The highest BCUT2D eigenvalue weighted by Gasteiger charge is 2.13. The fourth-order valence-corrected chi connectivity index (χ4v) is 2.50. The van der Waals surface area contributed by atoms with Gasteiger partial charge in [0, 0.05) is 11.1 Å². The highest BCUT2D eigenvalue weighted by Crippen LogP contribution is 2.20. The second-order valence-corrected chi connectivity index (χ2v) is 5.26. The van der Waals surface area contributed by atoms with Crippen LogP contribution in [0.15, 0.2) is 42.5 Å². The number of amides is 1. The summed E-state index contributed by atoms with van der Waals surface area (Å²) in [5.41, 5.74) is 4.68. The van der Waals surface area contributed by atoms with E-state index in [0.717, 1.165) is 27.8 Å². The molecule has 0 saturated heterocycles. The van der Waals surface area contributed by atoms with Crippen molar-refractivity contribution in [3.05, 3.63) is 59.3 Å². The molecule has 4 nitrogen and oxygen atoms in total. The molecule has 1 amide bonds. The number of carbonyl (C=O) groups excluding carboxylic acids is 1. The third kappa shape index (κ3) is 2.40. The summed E-state index contributed by atoms with van der Waals surface area (Å²) in [6.45, 7) is 5.92. The highest BCUT2D eigenvalue weighted by molar-refractivity contribution is 5.98. The van der Waals surface area contributed by atoms with Crippen LogP contribution in [0.1, 0.15) is 16.8 Å². The zero-order chi connectivity index (χ0) is 15.0. The van der Waals surface area contributed by atoms with Gasteiger partial charge in [-0.1, -0.05) is 35.9 Å². The van der Waals surface area contributed by atoms with Crippen LogP contribution < -0.4 is 5.32 Å². The van der Waals surface area contributed by atoms with Crippen LogP contribution in [0.3, 0.4) is 0 Å². The first-order valence-electron chi connectivity index (χ1n) is 6.89. The van der Waals surface area contributed by atoms with Crippen LogP contribution >= 0.6 is 0 Å². The number of para-hydroxylation sites is 1. The maximum atomic E-state index is 12.5. The lowest BCUT2D eigenvalue weighted by Gasteiger charge is -2.09. The number of hydrogen-bond donors (Lipinski definition) is 1. The maximum Gasteiger partial charge on any atom is 0.347 e. The van der Waals surface area contributed by atoms with Crippen LogP contribution in [0.25, 0.3) is 10.9 Å². The molecule has 0 saturated carbocycles. The van der Waals surface area contributed by atoms with E-state index in [1.807, 2.05) is 63.2 Å². The third-order valence-corrected chi connectivity index (χ3v) is 3.59. The van der Waals surface area contributed by atoms with Gasteiger partial charge in [0.1, 0.15) is 0 Å². The summed E-state index contributed by atoms with van der Waals surface area (Å²) >= 11 is 0. The van der Waals surface area contributed by atoms with E-state index in [9.17, 15) is 4.79 Å². The monoisotopic (exact) mass is 279 g/mol. The van der Waals surface area contributed by atoms with Crippen LogP contribution in [0.4, 0.5) is 10.5 Å². The molecule has 1 N–H and O–H groups in total. The molecule has 0 fully saturated rings. The quantitative estimate of drug-likeness (QED) is 0.730. The molecule has 106 valence electrons. The van der Waals surface area contributed by atoms with E-state index in [1.54, 1.807) is 0 Å². The zero-order valence-corrected chi connectivity index (χ0v) is 12.3. The number of aryl methyl sites for hydroxylation is 3. The summed E-state index contributed by atoms with van der Waals surface area (Å²) in [5.74, 6) is 0. The molecule has 3 rings (SSSR count). The molecular formula is C17H17N3O. The smallest absolute Gasteiger partial charge is 0.306 e. The molecule has 0 bridgehead atoms. The standard InChI is InChI=1S/C17H17N3O/c1-11-8-9-15(12(2)10-11)18-17(21)20-16-7-5-4-6-14(16)13(3)19-20/h4-10H,1-3H3,(H,18,21). The molecule has 0 aliphatic rings. The van der Waals surface area contributed by atoms with Gasteiger partial charge in [-0.3, -0.25) is 0 Å². The minimum Gasteiger partial charge on any atom is -0.306 e. The second kappa shape index (κ2) is 5.05. The molecule has 0 unspecified atom stereocenters. The molecule has 4 heteroatoms. The minimum absolute atomic E-state index is 0.244. The Morgan fingerprint density at radius 1 is 1.10 bits per heavy atom. The van der Waals surface area contributed by atoms with Crippen LogP contribution in [0.5, 0.6) is 0 Å². The molecule has 0 radical (unpaired) electrons. The minimum atomic E-state index is -0.244. The van der Waals surface area contributed by atoms with Crippen molar-refractivity contribution in [3.8, 4) is 0 Å². The highest BCUT2D eigenvalue weighted by atomic mass is 16.2. The van der Waals surface area contributed by atoms with E-state index in [2.05, 4.69) is 10.4 Å². The van der Waals surface area contributed by atoms with Crippen molar-refractivity contribution in [2.45, 2.75) is 20.8 Å².